The summed E-state index contributed by atoms with van der Waals surface area (Å²) in [5.74, 6) is 0. The lowest BCUT2D eigenvalue weighted by atomic mass is 9.62. The molecule has 0 bridgehead atoms. The number of hydrogen-bond acceptors (Lipinski definition) is 6. The van der Waals surface area contributed by atoms with Gasteiger partial charge in [0.2, 0.25) is 0 Å². The van der Waals surface area contributed by atoms with E-state index in [0.717, 1.165) is 51.9 Å². The van der Waals surface area contributed by atoms with Crippen LogP contribution in [0.15, 0.2) is 0 Å². The number of hydrogen-bond donors (Lipinski definition) is 2. The minimum Gasteiger partial charge on any atom is -0.450 e. The zero-order valence-corrected chi connectivity index (χ0v) is 22.5. The number of carbonyl (C=O) groups excluding carboxylic acids is 2. The molecule has 8 heteroatoms. The fourth-order valence-electron chi connectivity index (χ4n) is 6.50. The first-order chi connectivity index (χ1) is 16.7. The SMILES string of the molecule is CC1(C)CC(NC(=O)OCCCN2CCCCC2)CC(C)(CNC(=O)OCCN2CCCCC2)C1. The van der Waals surface area contributed by atoms with Gasteiger partial charge in [-0.3, -0.25) is 4.90 Å². The molecule has 1 saturated carbocycles. The molecule has 2 saturated heterocycles. The van der Waals surface area contributed by atoms with Gasteiger partial charge in [-0.15, -0.1) is 0 Å². The second kappa shape index (κ2) is 13.7. The molecule has 202 valence electrons. The number of nitrogens with zero attached hydrogens (tertiary/aromatic N) is 2. The highest BCUT2D eigenvalue weighted by Gasteiger charge is 2.42. The number of ether oxygens (including phenoxy) is 2. The summed E-state index contributed by atoms with van der Waals surface area (Å²) < 4.78 is 10.9. The highest BCUT2D eigenvalue weighted by Crippen LogP contribution is 2.45. The zero-order valence-electron chi connectivity index (χ0n) is 22.5. The van der Waals surface area contributed by atoms with Crippen molar-refractivity contribution in [2.24, 2.45) is 10.8 Å². The quantitative estimate of drug-likeness (QED) is 0.439. The summed E-state index contributed by atoms with van der Waals surface area (Å²) in [6.45, 7) is 14.5. The maximum absolute atomic E-state index is 12.5. The molecular formula is C27H50N4O4. The highest BCUT2D eigenvalue weighted by atomic mass is 16.6. The molecule has 0 spiro atoms. The molecule has 3 fully saturated rings. The van der Waals surface area contributed by atoms with Crippen molar-refractivity contribution in [3.8, 4) is 0 Å². The van der Waals surface area contributed by atoms with Gasteiger partial charge in [0.15, 0.2) is 0 Å². The molecule has 8 nitrogen and oxygen atoms in total. The van der Waals surface area contributed by atoms with Crippen molar-refractivity contribution < 1.29 is 19.1 Å². The van der Waals surface area contributed by atoms with Crippen molar-refractivity contribution in [1.29, 1.82) is 0 Å². The normalized spacial score (nSPS) is 27.7. The fourth-order valence-corrected chi connectivity index (χ4v) is 6.50. The van der Waals surface area contributed by atoms with E-state index in [1.54, 1.807) is 0 Å². The first-order valence-electron chi connectivity index (χ1n) is 14.0. The smallest absolute Gasteiger partial charge is 0.407 e. The fraction of sp³-hybridized carbons (Fsp3) is 0.926. The van der Waals surface area contributed by atoms with E-state index >= 15 is 0 Å². The molecule has 2 aliphatic heterocycles. The van der Waals surface area contributed by atoms with E-state index < -0.39 is 0 Å². The Morgan fingerprint density at radius 2 is 1.40 bits per heavy atom. The average Bonchev–Trinajstić information content (AvgIpc) is 2.81. The second-order valence-corrected chi connectivity index (χ2v) is 12.2. The van der Waals surface area contributed by atoms with E-state index in [1.165, 1.54) is 51.6 Å². The number of carbonyl (C=O) groups is 2. The van der Waals surface area contributed by atoms with Gasteiger partial charge in [0, 0.05) is 25.7 Å². The summed E-state index contributed by atoms with van der Waals surface area (Å²) in [6.07, 6.45) is 10.6. The summed E-state index contributed by atoms with van der Waals surface area (Å²) in [6, 6.07) is 0.0373. The minimum atomic E-state index is -0.343. The van der Waals surface area contributed by atoms with Gasteiger partial charge in [0.25, 0.3) is 0 Å². The second-order valence-electron chi connectivity index (χ2n) is 12.2. The predicted octanol–water partition coefficient (Wildman–Crippen LogP) is 4.39. The monoisotopic (exact) mass is 494 g/mol. The van der Waals surface area contributed by atoms with Crippen molar-refractivity contribution in [1.82, 2.24) is 20.4 Å². The third-order valence-corrected chi connectivity index (χ3v) is 7.81. The van der Waals surface area contributed by atoms with Crippen LogP contribution in [0, 0.1) is 10.8 Å². The van der Waals surface area contributed by atoms with E-state index in [4.69, 9.17) is 9.47 Å². The number of alkyl carbamates (subject to hydrolysis) is 2. The summed E-state index contributed by atoms with van der Waals surface area (Å²) >= 11 is 0. The summed E-state index contributed by atoms with van der Waals surface area (Å²) in [5, 5.41) is 6.09. The van der Waals surface area contributed by atoms with E-state index in [9.17, 15) is 9.59 Å². The summed E-state index contributed by atoms with van der Waals surface area (Å²) in [5.41, 5.74) is -0.0428. The van der Waals surface area contributed by atoms with Crippen LogP contribution in [0.3, 0.4) is 0 Å². The third kappa shape index (κ3) is 10.5. The Morgan fingerprint density at radius 1 is 0.800 bits per heavy atom. The molecular weight excluding hydrogens is 444 g/mol. The van der Waals surface area contributed by atoms with E-state index in [0.29, 0.717) is 19.8 Å². The van der Waals surface area contributed by atoms with E-state index in [1.807, 2.05) is 0 Å². The Hall–Kier alpha value is -1.54. The van der Waals surface area contributed by atoms with Gasteiger partial charge < -0.3 is 25.0 Å². The van der Waals surface area contributed by atoms with Crippen LogP contribution >= 0.6 is 0 Å². The van der Waals surface area contributed by atoms with E-state index in [2.05, 4.69) is 41.2 Å². The van der Waals surface area contributed by atoms with Crippen LogP contribution in [0.5, 0.6) is 0 Å². The van der Waals surface area contributed by atoms with Crippen molar-refractivity contribution in [2.45, 2.75) is 91.0 Å². The molecule has 2 unspecified atom stereocenters. The Labute approximate surface area is 212 Å². The van der Waals surface area contributed by atoms with Gasteiger partial charge in [0.05, 0.1) is 6.61 Å². The van der Waals surface area contributed by atoms with Crippen LogP contribution in [0.1, 0.15) is 85.0 Å². The van der Waals surface area contributed by atoms with Gasteiger partial charge in [0.1, 0.15) is 6.61 Å². The lowest BCUT2D eigenvalue weighted by molar-refractivity contribution is 0.0607. The molecule has 0 aromatic carbocycles. The number of nitrogens with one attached hydrogen (secondary N) is 2. The molecule has 2 atom stereocenters. The van der Waals surface area contributed by atoms with Gasteiger partial charge >= 0.3 is 12.2 Å². The van der Waals surface area contributed by atoms with Crippen LogP contribution in [0.4, 0.5) is 9.59 Å². The molecule has 2 amide bonds. The minimum absolute atomic E-state index is 0.0373. The van der Waals surface area contributed by atoms with Crippen molar-refractivity contribution >= 4 is 12.2 Å². The summed E-state index contributed by atoms with van der Waals surface area (Å²) in [4.78, 5) is 29.6. The van der Waals surface area contributed by atoms with Gasteiger partial charge in [-0.1, -0.05) is 33.6 Å². The van der Waals surface area contributed by atoms with Crippen LogP contribution in [0.25, 0.3) is 0 Å². The maximum Gasteiger partial charge on any atom is 0.407 e. The van der Waals surface area contributed by atoms with Crippen molar-refractivity contribution in [3.63, 3.8) is 0 Å². The Morgan fingerprint density at radius 3 is 2.06 bits per heavy atom. The van der Waals surface area contributed by atoms with Crippen LogP contribution in [0.2, 0.25) is 0 Å². The predicted molar refractivity (Wildman–Crippen MR) is 139 cm³/mol. The Kier molecular flexibility index (Phi) is 11.0. The van der Waals surface area contributed by atoms with Crippen LogP contribution in [-0.2, 0) is 9.47 Å². The molecule has 3 rings (SSSR count). The van der Waals surface area contributed by atoms with Crippen LogP contribution < -0.4 is 10.6 Å². The first-order valence-corrected chi connectivity index (χ1v) is 14.0. The molecule has 3 aliphatic rings. The number of likely N-dealkylation sites (tertiary alicyclic amines) is 2. The maximum atomic E-state index is 12.5. The number of piperidine rings is 2. The third-order valence-electron chi connectivity index (χ3n) is 7.81. The molecule has 1 aliphatic carbocycles. The Balaban J connectivity index is 1.34. The van der Waals surface area contributed by atoms with Crippen molar-refractivity contribution in [2.75, 3.05) is 59.0 Å². The highest BCUT2D eigenvalue weighted by molar-refractivity contribution is 5.68. The van der Waals surface area contributed by atoms with Gasteiger partial charge in [-0.25, -0.2) is 9.59 Å². The zero-order chi connectivity index (χ0) is 25.2. The standard InChI is InChI=1S/C27H50N4O4/c1-26(2)19-23(29-25(33)34-17-10-15-30-11-6-4-7-12-30)20-27(3,21-26)22-28-24(32)35-18-16-31-13-8-5-9-14-31/h23H,4-22H2,1-3H3,(H,28,32)(H,29,33). The Bertz CT molecular complexity index is 662. The van der Waals surface area contributed by atoms with Crippen molar-refractivity contribution in [3.05, 3.63) is 0 Å². The van der Waals surface area contributed by atoms with Gasteiger partial charge in [-0.2, -0.15) is 0 Å². The largest absolute Gasteiger partial charge is 0.450 e. The molecule has 35 heavy (non-hydrogen) atoms. The van der Waals surface area contributed by atoms with Crippen LogP contribution in [-0.4, -0.2) is 87.1 Å². The molecule has 0 aromatic rings. The number of rotatable bonds is 10. The molecule has 2 heterocycles. The summed E-state index contributed by atoms with van der Waals surface area (Å²) in [7, 11) is 0. The molecule has 0 radical (unpaired) electrons. The van der Waals surface area contributed by atoms with Gasteiger partial charge in [-0.05, 0) is 88.4 Å². The lowest BCUT2D eigenvalue weighted by Crippen LogP contribution is -2.50. The molecule has 0 aromatic heterocycles. The topological polar surface area (TPSA) is 83.1 Å². The first kappa shape index (κ1) is 28.0. The molecule has 2 N–H and O–H groups in total. The number of amides is 2. The average molecular weight is 495 g/mol. The lowest BCUT2D eigenvalue weighted by Gasteiger charge is -2.46. The van der Waals surface area contributed by atoms with E-state index in [-0.39, 0.29) is 29.1 Å².